The predicted molar refractivity (Wildman–Crippen MR) is 74.9 cm³/mol. The Bertz CT molecular complexity index is 748. The molecule has 0 atom stereocenters. The van der Waals surface area contributed by atoms with Gasteiger partial charge in [-0.15, -0.1) is 0 Å². The van der Waals surface area contributed by atoms with Crippen LogP contribution in [0.3, 0.4) is 0 Å². The van der Waals surface area contributed by atoms with Crippen molar-refractivity contribution in [3.05, 3.63) is 54.2 Å². The quantitative estimate of drug-likeness (QED) is 0.612. The molecule has 94 valence electrons. The Hall–Kier alpha value is -2.82. The first-order valence-corrected chi connectivity index (χ1v) is 5.83. The van der Waals surface area contributed by atoms with Crippen molar-refractivity contribution in [1.29, 1.82) is 0 Å². The maximum Gasteiger partial charge on any atom is 0.255 e. The van der Waals surface area contributed by atoms with Gasteiger partial charge < -0.3 is 11.1 Å². The van der Waals surface area contributed by atoms with E-state index in [0.29, 0.717) is 16.9 Å². The topological polar surface area (TPSA) is 83.8 Å². The Balaban J connectivity index is 1.89. The van der Waals surface area contributed by atoms with Crippen molar-refractivity contribution in [3.8, 4) is 0 Å². The molecule has 5 heteroatoms. The molecule has 1 aromatic heterocycles. The molecule has 0 saturated carbocycles. The summed E-state index contributed by atoms with van der Waals surface area (Å²) in [4.78, 5) is 12.1. The van der Waals surface area contributed by atoms with Crippen LogP contribution in [0.1, 0.15) is 10.4 Å². The van der Waals surface area contributed by atoms with Gasteiger partial charge in [-0.3, -0.25) is 9.89 Å². The third-order valence-electron chi connectivity index (χ3n) is 2.91. The van der Waals surface area contributed by atoms with E-state index in [4.69, 9.17) is 5.73 Å². The summed E-state index contributed by atoms with van der Waals surface area (Å²) >= 11 is 0. The summed E-state index contributed by atoms with van der Waals surface area (Å²) in [7, 11) is 0. The number of carbonyl (C=O) groups excluding carboxylic acids is 1. The second kappa shape index (κ2) is 4.45. The SMILES string of the molecule is Nc1ccccc1NC(=O)c1ccc2[nH]ncc2c1. The van der Waals surface area contributed by atoms with Gasteiger partial charge >= 0.3 is 0 Å². The molecule has 0 aliphatic heterocycles. The molecule has 0 unspecified atom stereocenters. The lowest BCUT2D eigenvalue weighted by atomic mass is 10.1. The van der Waals surface area contributed by atoms with Gasteiger partial charge in [0.15, 0.2) is 0 Å². The zero-order valence-corrected chi connectivity index (χ0v) is 10.1. The molecule has 3 rings (SSSR count). The van der Waals surface area contributed by atoms with Crippen molar-refractivity contribution in [2.45, 2.75) is 0 Å². The third-order valence-corrected chi connectivity index (χ3v) is 2.91. The van der Waals surface area contributed by atoms with Gasteiger partial charge in [-0.05, 0) is 30.3 Å². The summed E-state index contributed by atoms with van der Waals surface area (Å²) in [5.41, 5.74) is 8.41. The van der Waals surface area contributed by atoms with Gasteiger partial charge in [0.25, 0.3) is 5.91 Å². The number of H-pyrrole nitrogens is 1. The highest BCUT2D eigenvalue weighted by Crippen LogP contribution is 2.19. The van der Waals surface area contributed by atoms with Crippen LogP contribution in [-0.4, -0.2) is 16.1 Å². The van der Waals surface area contributed by atoms with Crippen LogP contribution >= 0.6 is 0 Å². The minimum atomic E-state index is -0.194. The van der Waals surface area contributed by atoms with E-state index in [2.05, 4.69) is 15.5 Å². The number of para-hydroxylation sites is 2. The molecule has 2 aromatic carbocycles. The second-order valence-electron chi connectivity index (χ2n) is 4.21. The molecular weight excluding hydrogens is 240 g/mol. The normalized spacial score (nSPS) is 10.5. The number of aromatic nitrogens is 2. The largest absolute Gasteiger partial charge is 0.397 e. The minimum Gasteiger partial charge on any atom is -0.397 e. The number of anilines is 2. The number of fused-ring (bicyclic) bond motifs is 1. The molecule has 0 aliphatic rings. The molecule has 0 bridgehead atoms. The molecule has 0 spiro atoms. The van der Waals surface area contributed by atoms with Crippen LogP contribution in [0.5, 0.6) is 0 Å². The summed E-state index contributed by atoms with van der Waals surface area (Å²) in [5.74, 6) is -0.194. The lowest BCUT2D eigenvalue weighted by Crippen LogP contribution is -2.12. The molecule has 0 saturated heterocycles. The maximum atomic E-state index is 12.1. The van der Waals surface area contributed by atoms with Gasteiger partial charge in [0.1, 0.15) is 0 Å². The summed E-state index contributed by atoms with van der Waals surface area (Å²) in [5, 5.41) is 10.5. The summed E-state index contributed by atoms with van der Waals surface area (Å²) in [6.07, 6.45) is 1.68. The molecular formula is C14H12N4O. The van der Waals surface area contributed by atoms with Crippen molar-refractivity contribution in [1.82, 2.24) is 10.2 Å². The number of carbonyl (C=O) groups is 1. The van der Waals surface area contributed by atoms with Gasteiger partial charge in [-0.25, -0.2) is 0 Å². The van der Waals surface area contributed by atoms with E-state index in [1.807, 2.05) is 18.2 Å². The van der Waals surface area contributed by atoms with Crippen LogP contribution in [0.2, 0.25) is 0 Å². The Morgan fingerprint density at radius 3 is 2.89 bits per heavy atom. The number of amides is 1. The van der Waals surface area contributed by atoms with E-state index in [9.17, 15) is 4.79 Å². The van der Waals surface area contributed by atoms with Crippen LogP contribution in [-0.2, 0) is 0 Å². The van der Waals surface area contributed by atoms with Crippen LogP contribution < -0.4 is 11.1 Å². The first-order valence-electron chi connectivity index (χ1n) is 5.83. The fourth-order valence-electron chi connectivity index (χ4n) is 1.89. The lowest BCUT2D eigenvalue weighted by Gasteiger charge is -2.07. The number of rotatable bonds is 2. The molecule has 1 amide bonds. The van der Waals surface area contributed by atoms with E-state index in [0.717, 1.165) is 10.9 Å². The average molecular weight is 252 g/mol. The van der Waals surface area contributed by atoms with Crippen LogP contribution in [0, 0.1) is 0 Å². The Kier molecular flexibility index (Phi) is 2.64. The minimum absolute atomic E-state index is 0.194. The number of hydrogen-bond donors (Lipinski definition) is 3. The zero-order chi connectivity index (χ0) is 13.2. The van der Waals surface area contributed by atoms with Crippen LogP contribution in [0.4, 0.5) is 11.4 Å². The van der Waals surface area contributed by atoms with E-state index in [-0.39, 0.29) is 5.91 Å². The van der Waals surface area contributed by atoms with E-state index in [1.165, 1.54) is 0 Å². The number of nitrogen functional groups attached to an aromatic ring is 1. The van der Waals surface area contributed by atoms with Gasteiger partial charge in [-0.1, -0.05) is 12.1 Å². The standard InChI is InChI=1S/C14H12N4O/c15-11-3-1-2-4-13(11)17-14(19)9-5-6-12-10(7-9)8-16-18-12/h1-8H,15H2,(H,16,18)(H,17,19). The Morgan fingerprint density at radius 2 is 2.05 bits per heavy atom. The molecule has 0 radical (unpaired) electrons. The average Bonchev–Trinajstić information content (AvgIpc) is 2.88. The number of nitrogens with two attached hydrogens (primary N) is 1. The summed E-state index contributed by atoms with van der Waals surface area (Å²) < 4.78 is 0. The van der Waals surface area contributed by atoms with Crippen molar-refractivity contribution >= 4 is 28.2 Å². The number of benzene rings is 2. The molecule has 0 aliphatic carbocycles. The van der Waals surface area contributed by atoms with Gasteiger partial charge in [0.2, 0.25) is 0 Å². The smallest absolute Gasteiger partial charge is 0.255 e. The highest BCUT2D eigenvalue weighted by Gasteiger charge is 2.08. The lowest BCUT2D eigenvalue weighted by molar-refractivity contribution is 0.102. The number of aromatic amines is 1. The number of hydrogen-bond acceptors (Lipinski definition) is 3. The highest BCUT2D eigenvalue weighted by atomic mass is 16.1. The Morgan fingerprint density at radius 1 is 1.21 bits per heavy atom. The first kappa shape index (κ1) is 11.3. The van der Waals surface area contributed by atoms with E-state index in [1.54, 1.807) is 30.5 Å². The predicted octanol–water partition coefficient (Wildman–Crippen LogP) is 2.40. The number of nitrogens with one attached hydrogen (secondary N) is 2. The Labute approximate surface area is 109 Å². The molecule has 19 heavy (non-hydrogen) atoms. The van der Waals surface area contributed by atoms with Gasteiger partial charge in [0.05, 0.1) is 23.1 Å². The molecule has 3 aromatic rings. The highest BCUT2D eigenvalue weighted by molar-refractivity contribution is 6.07. The van der Waals surface area contributed by atoms with E-state index < -0.39 is 0 Å². The van der Waals surface area contributed by atoms with Crippen LogP contribution in [0.25, 0.3) is 10.9 Å². The summed E-state index contributed by atoms with van der Waals surface area (Å²) in [6, 6.07) is 12.5. The van der Waals surface area contributed by atoms with E-state index >= 15 is 0 Å². The first-order chi connectivity index (χ1) is 9.24. The van der Waals surface area contributed by atoms with Crippen molar-refractivity contribution in [2.75, 3.05) is 11.1 Å². The van der Waals surface area contributed by atoms with Crippen LogP contribution in [0.15, 0.2) is 48.7 Å². The van der Waals surface area contributed by atoms with Crippen molar-refractivity contribution < 1.29 is 4.79 Å². The second-order valence-corrected chi connectivity index (χ2v) is 4.21. The molecule has 4 N–H and O–H groups in total. The van der Waals surface area contributed by atoms with Crippen molar-refractivity contribution in [2.24, 2.45) is 0 Å². The monoisotopic (exact) mass is 252 g/mol. The molecule has 5 nitrogen and oxygen atoms in total. The number of nitrogens with zero attached hydrogens (tertiary/aromatic N) is 1. The zero-order valence-electron chi connectivity index (χ0n) is 10.1. The molecule has 0 fully saturated rings. The third kappa shape index (κ3) is 2.13. The van der Waals surface area contributed by atoms with Gasteiger partial charge in [0, 0.05) is 10.9 Å². The fraction of sp³-hybridized carbons (Fsp3) is 0. The maximum absolute atomic E-state index is 12.1. The molecule has 1 heterocycles. The summed E-state index contributed by atoms with van der Waals surface area (Å²) in [6.45, 7) is 0. The van der Waals surface area contributed by atoms with Gasteiger partial charge in [-0.2, -0.15) is 5.10 Å². The fourth-order valence-corrected chi connectivity index (χ4v) is 1.89. The van der Waals surface area contributed by atoms with Crippen molar-refractivity contribution in [3.63, 3.8) is 0 Å².